The molecule has 0 saturated carbocycles. The van der Waals surface area contributed by atoms with Gasteiger partial charge in [-0.15, -0.1) is 5.92 Å². The van der Waals surface area contributed by atoms with E-state index in [1.807, 2.05) is 0 Å². The van der Waals surface area contributed by atoms with Crippen molar-refractivity contribution in [2.75, 3.05) is 6.61 Å². The van der Waals surface area contributed by atoms with Crippen molar-refractivity contribution in [2.45, 2.75) is 11.8 Å². The smallest absolute Gasteiger partial charge is 0.261 e. The maximum Gasteiger partial charge on any atom is 0.261 e. The van der Waals surface area contributed by atoms with Crippen LogP contribution in [0, 0.1) is 11.8 Å². The Hall–Kier alpha value is -0.890. The second-order valence-corrected chi connectivity index (χ2v) is 5.72. The summed E-state index contributed by atoms with van der Waals surface area (Å²) in [6, 6.07) is 4.00. The van der Waals surface area contributed by atoms with E-state index in [1.54, 1.807) is 6.92 Å². The molecule has 16 heavy (non-hydrogen) atoms. The maximum absolute atomic E-state index is 11.0. The molecule has 0 atom stereocenters. The first-order valence-corrected chi connectivity index (χ1v) is 6.90. The lowest BCUT2D eigenvalue weighted by atomic mass is 10.3. The van der Waals surface area contributed by atoms with Gasteiger partial charge in [0, 0.05) is 10.7 Å². The first-order valence-electron chi connectivity index (χ1n) is 4.22. The molecule has 1 aromatic rings. The van der Waals surface area contributed by atoms with Crippen molar-refractivity contribution in [1.29, 1.82) is 0 Å². The summed E-state index contributed by atoms with van der Waals surface area (Å²) in [6.45, 7) is 1.89. The quantitative estimate of drug-likeness (QED) is 0.631. The first kappa shape index (κ1) is 13.2. The van der Waals surface area contributed by atoms with Crippen molar-refractivity contribution < 1.29 is 13.2 Å². The Balaban J connectivity index is 2.95. The lowest BCUT2D eigenvalue weighted by Gasteiger charge is -2.05. The lowest BCUT2D eigenvalue weighted by Crippen LogP contribution is -1.96. The number of halogens is 2. The molecule has 86 valence electrons. The molecule has 0 N–H and O–H groups in total. The van der Waals surface area contributed by atoms with Crippen molar-refractivity contribution in [3.63, 3.8) is 0 Å². The van der Waals surface area contributed by atoms with Gasteiger partial charge in [0.05, 0.1) is 9.92 Å². The fraction of sp³-hybridized carbons (Fsp3) is 0.200. The van der Waals surface area contributed by atoms with Gasteiger partial charge in [-0.05, 0) is 25.1 Å². The van der Waals surface area contributed by atoms with Crippen molar-refractivity contribution >= 4 is 31.3 Å². The van der Waals surface area contributed by atoms with Gasteiger partial charge < -0.3 is 4.74 Å². The Morgan fingerprint density at radius 1 is 1.44 bits per heavy atom. The van der Waals surface area contributed by atoms with Gasteiger partial charge in [-0.2, -0.15) is 0 Å². The zero-order valence-electron chi connectivity index (χ0n) is 8.33. The van der Waals surface area contributed by atoms with Crippen LogP contribution in [0.25, 0.3) is 0 Å². The number of hydrogen-bond donors (Lipinski definition) is 0. The van der Waals surface area contributed by atoms with Crippen LogP contribution in [-0.2, 0) is 9.05 Å². The third kappa shape index (κ3) is 3.60. The van der Waals surface area contributed by atoms with Crippen LogP contribution in [0.5, 0.6) is 5.75 Å². The Morgan fingerprint density at radius 2 is 2.12 bits per heavy atom. The molecule has 0 spiro atoms. The summed E-state index contributed by atoms with van der Waals surface area (Å²) in [5.41, 5.74) is 0. The van der Waals surface area contributed by atoms with Gasteiger partial charge in [0.2, 0.25) is 0 Å². The van der Waals surface area contributed by atoms with E-state index in [0.29, 0.717) is 5.75 Å². The van der Waals surface area contributed by atoms with E-state index in [1.165, 1.54) is 18.2 Å². The molecule has 0 aliphatic heterocycles. The van der Waals surface area contributed by atoms with Gasteiger partial charge in [-0.3, -0.25) is 0 Å². The molecule has 0 unspecified atom stereocenters. The summed E-state index contributed by atoms with van der Waals surface area (Å²) in [5, 5.41) is 0.180. The van der Waals surface area contributed by atoms with Gasteiger partial charge in [0.15, 0.2) is 0 Å². The molecule has 6 heteroatoms. The van der Waals surface area contributed by atoms with E-state index in [4.69, 9.17) is 27.0 Å². The summed E-state index contributed by atoms with van der Waals surface area (Å²) < 4.78 is 27.2. The summed E-state index contributed by atoms with van der Waals surface area (Å²) in [4.78, 5) is -0.0620. The normalized spacial score (nSPS) is 10.4. The minimum Gasteiger partial charge on any atom is -0.479 e. The van der Waals surface area contributed by atoms with E-state index in [2.05, 4.69) is 11.8 Å². The maximum atomic E-state index is 11.0. The fourth-order valence-corrected chi connectivity index (χ4v) is 2.01. The standard InChI is InChI=1S/C10H8Cl2O3S/c1-2-3-6-15-10-5-4-8(7-9(10)11)16(12,13)14/h4-5,7H,6H2,1H3. The summed E-state index contributed by atoms with van der Waals surface area (Å²) in [6.07, 6.45) is 0. The molecule has 1 rings (SSSR count). The van der Waals surface area contributed by atoms with Gasteiger partial charge >= 0.3 is 0 Å². The monoisotopic (exact) mass is 278 g/mol. The van der Waals surface area contributed by atoms with E-state index in [-0.39, 0.29) is 16.5 Å². The van der Waals surface area contributed by atoms with Gasteiger partial charge in [-0.25, -0.2) is 8.42 Å². The number of rotatable bonds is 3. The highest BCUT2D eigenvalue weighted by molar-refractivity contribution is 8.13. The predicted molar refractivity (Wildman–Crippen MR) is 63.4 cm³/mol. The largest absolute Gasteiger partial charge is 0.479 e. The molecule has 0 amide bonds. The first-order chi connectivity index (χ1) is 7.45. The molecule has 0 aromatic heterocycles. The van der Waals surface area contributed by atoms with Gasteiger partial charge in [-0.1, -0.05) is 17.5 Å². The van der Waals surface area contributed by atoms with E-state index in [0.717, 1.165) is 0 Å². The zero-order valence-corrected chi connectivity index (χ0v) is 10.7. The molecule has 0 aliphatic carbocycles. The number of benzene rings is 1. The number of ether oxygens (including phenoxy) is 1. The fourth-order valence-electron chi connectivity index (χ4n) is 0.936. The predicted octanol–water partition coefficient (Wildman–Crippen LogP) is 2.67. The molecule has 0 radical (unpaired) electrons. The molecule has 3 nitrogen and oxygen atoms in total. The SMILES string of the molecule is CC#CCOc1ccc(S(=O)(=O)Cl)cc1Cl. The Morgan fingerprint density at radius 3 is 2.62 bits per heavy atom. The minimum atomic E-state index is -3.76. The Labute approximate surface area is 104 Å². The van der Waals surface area contributed by atoms with E-state index in [9.17, 15) is 8.42 Å². The van der Waals surface area contributed by atoms with Crippen molar-refractivity contribution in [2.24, 2.45) is 0 Å². The van der Waals surface area contributed by atoms with Crippen LogP contribution in [0.15, 0.2) is 23.1 Å². The molecule has 1 aromatic carbocycles. The summed E-state index contributed by atoms with van der Waals surface area (Å²) in [5.74, 6) is 5.72. The van der Waals surface area contributed by atoms with Crippen molar-refractivity contribution in [3.8, 4) is 17.6 Å². The second-order valence-electron chi connectivity index (χ2n) is 2.75. The summed E-state index contributed by atoms with van der Waals surface area (Å²) >= 11 is 5.82. The average molecular weight is 279 g/mol. The molecule has 0 bridgehead atoms. The summed E-state index contributed by atoms with van der Waals surface area (Å²) in [7, 11) is 1.40. The lowest BCUT2D eigenvalue weighted by molar-refractivity contribution is 0.370. The third-order valence-electron chi connectivity index (χ3n) is 1.66. The van der Waals surface area contributed by atoms with Crippen LogP contribution in [-0.4, -0.2) is 15.0 Å². The van der Waals surface area contributed by atoms with Crippen molar-refractivity contribution in [1.82, 2.24) is 0 Å². The van der Waals surface area contributed by atoms with Crippen LogP contribution >= 0.6 is 22.3 Å². The highest BCUT2D eigenvalue weighted by Gasteiger charge is 2.12. The molecule has 0 fully saturated rings. The van der Waals surface area contributed by atoms with Gasteiger partial charge in [0.25, 0.3) is 9.05 Å². The topological polar surface area (TPSA) is 43.4 Å². The zero-order chi connectivity index (χ0) is 12.2. The second kappa shape index (κ2) is 5.44. The Kier molecular flexibility index (Phi) is 4.48. The molecule has 0 heterocycles. The molecule has 0 saturated heterocycles. The van der Waals surface area contributed by atoms with Crippen LogP contribution in [0.2, 0.25) is 5.02 Å². The van der Waals surface area contributed by atoms with Crippen LogP contribution in [0.4, 0.5) is 0 Å². The highest BCUT2D eigenvalue weighted by Crippen LogP contribution is 2.28. The third-order valence-corrected chi connectivity index (χ3v) is 3.31. The molecule has 0 aliphatic rings. The Bertz CT molecular complexity index is 541. The van der Waals surface area contributed by atoms with E-state index < -0.39 is 9.05 Å². The molecular weight excluding hydrogens is 271 g/mol. The number of hydrogen-bond acceptors (Lipinski definition) is 3. The molecular formula is C10H8Cl2O3S. The van der Waals surface area contributed by atoms with Crippen molar-refractivity contribution in [3.05, 3.63) is 23.2 Å². The van der Waals surface area contributed by atoms with Crippen LogP contribution in [0.1, 0.15) is 6.92 Å². The van der Waals surface area contributed by atoms with Crippen LogP contribution < -0.4 is 4.74 Å². The highest BCUT2D eigenvalue weighted by atomic mass is 35.7. The van der Waals surface area contributed by atoms with Crippen LogP contribution in [0.3, 0.4) is 0 Å². The van der Waals surface area contributed by atoms with Gasteiger partial charge in [0.1, 0.15) is 12.4 Å². The minimum absolute atomic E-state index is 0.0620. The average Bonchev–Trinajstić information content (AvgIpc) is 2.19. The van der Waals surface area contributed by atoms with E-state index >= 15 is 0 Å².